The third-order valence-corrected chi connectivity index (χ3v) is 8.42. The molecule has 0 amide bonds. The van der Waals surface area contributed by atoms with Crippen molar-refractivity contribution in [3.05, 3.63) is 0 Å². The fourth-order valence-electron chi connectivity index (χ4n) is 7.50. The standard InChI is InChI=1S/C20H32O2/c1-12(21)18-7-8-19-17-5-3-13-11-14(22)4-6-15(13)16(17)9-10-20(18,19)2/h13-19,22H,3-11H2,1-2H3/t13-,14-,15+,16?,17?,18-,19?,20-/m0/s1. The van der Waals surface area contributed by atoms with Gasteiger partial charge in [0.15, 0.2) is 0 Å². The molecule has 4 aliphatic carbocycles. The van der Waals surface area contributed by atoms with Crippen LogP contribution in [0, 0.1) is 40.9 Å². The van der Waals surface area contributed by atoms with Crippen molar-refractivity contribution < 1.29 is 9.90 Å². The zero-order valence-corrected chi connectivity index (χ0v) is 14.3. The fraction of sp³-hybridized carbons (Fsp3) is 0.950. The molecule has 0 bridgehead atoms. The number of hydrogen-bond donors (Lipinski definition) is 1. The first-order valence-electron chi connectivity index (χ1n) is 9.69. The van der Waals surface area contributed by atoms with Crippen LogP contribution in [0.15, 0.2) is 0 Å². The van der Waals surface area contributed by atoms with E-state index in [0.29, 0.717) is 17.1 Å². The Hall–Kier alpha value is -0.370. The Bertz CT molecular complexity index is 459. The smallest absolute Gasteiger partial charge is 0.133 e. The summed E-state index contributed by atoms with van der Waals surface area (Å²) in [6.07, 6.45) is 11.1. The molecule has 8 atom stereocenters. The zero-order valence-electron chi connectivity index (χ0n) is 14.3. The van der Waals surface area contributed by atoms with Gasteiger partial charge in [-0.2, -0.15) is 0 Å². The lowest BCUT2D eigenvalue weighted by Crippen LogP contribution is -2.49. The number of carbonyl (C=O) groups is 1. The second kappa shape index (κ2) is 5.33. The first kappa shape index (κ1) is 15.2. The summed E-state index contributed by atoms with van der Waals surface area (Å²) >= 11 is 0. The molecule has 2 heteroatoms. The van der Waals surface area contributed by atoms with Gasteiger partial charge in [0.1, 0.15) is 5.78 Å². The average Bonchev–Trinajstić information content (AvgIpc) is 2.84. The molecule has 4 saturated carbocycles. The molecule has 3 unspecified atom stereocenters. The maximum Gasteiger partial charge on any atom is 0.133 e. The summed E-state index contributed by atoms with van der Waals surface area (Å²) in [5.41, 5.74) is 0.300. The van der Waals surface area contributed by atoms with Crippen LogP contribution in [0.5, 0.6) is 0 Å². The molecule has 2 nitrogen and oxygen atoms in total. The number of Topliss-reactive ketones (excluding diaryl/α,β-unsaturated/α-hetero) is 1. The first-order valence-corrected chi connectivity index (χ1v) is 9.69. The number of fused-ring (bicyclic) bond motifs is 5. The Morgan fingerprint density at radius 3 is 2.50 bits per heavy atom. The van der Waals surface area contributed by atoms with Crippen molar-refractivity contribution in [2.24, 2.45) is 40.9 Å². The molecule has 4 aliphatic rings. The molecular weight excluding hydrogens is 272 g/mol. The maximum atomic E-state index is 12.1. The number of ketones is 1. The van der Waals surface area contributed by atoms with Crippen molar-refractivity contribution in [3.63, 3.8) is 0 Å². The van der Waals surface area contributed by atoms with E-state index < -0.39 is 0 Å². The normalized spacial score (nSPS) is 54.2. The number of aliphatic hydroxyl groups excluding tert-OH is 1. The van der Waals surface area contributed by atoms with Crippen molar-refractivity contribution >= 4 is 5.78 Å². The highest BCUT2D eigenvalue weighted by Crippen LogP contribution is 2.64. The molecule has 22 heavy (non-hydrogen) atoms. The van der Waals surface area contributed by atoms with Gasteiger partial charge in [-0.25, -0.2) is 0 Å². The van der Waals surface area contributed by atoms with Crippen molar-refractivity contribution in [2.45, 2.75) is 77.7 Å². The summed E-state index contributed by atoms with van der Waals surface area (Å²) in [6, 6.07) is 0. The molecule has 0 aromatic heterocycles. The summed E-state index contributed by atoms with van der Waals surface area (Å²) in [6.45, 7) is 4.26. The second-order valence-corrected chi connectivity index (χ2v) is 9.19. The minimum absolute atomic E-state index is 0.0276. The van der Waals surface area contributed by atoms with Gasteiger partial charge < -0.3 is 5.11 Å². The van der Waals surface area contributed by atoms with Gasteiger partial charge in [0.2, 0.25) is 0 Å². The summed E-state index contributed by atoms with van der Waals surface area (Å²) < 4.78 is 0. The van der Waals surface area contributed by atoms with E-state index in [1.54, 1.807) is 0 Å². The Morgan fingerprint density at radius 1 is 0.955 bits per heavy atom. The van der Waals surface area contributed by atoms with E-state index in [-0.39, 0.29) is 6.10 Å². The highest BCUT2D eigenvalue weighted by Gasteiger charge is 2.57. The predicted molar refractivity (Wildman–Crippen MR) is 87.3 cm³/mol. The number of hydrogen-bond acceptors (Lipinski definition) is 2. The third kappa shape index (κ3) is 2.12. The lowest BCUT2D eigenvalue weighted by Gasteiger charge is -2.56. The van der Waals surface area contributed by atoms with Gasteiger partial charge in [-0.15, -0.1) is 0 Å². The Balaban J connectivity index is 1.56. The Labute approximate surface area is 135 Å². The lowest BCUT2D eigenvalue weighted by molar-refractivity contribution is -0.128. The van der Waals surface area contributed by atoms with Crippen LogP contribution >= 0.6 is 0 Å². The van der Waals surface area contributed by atoms with E-state index in [1.807, 2.05) is 6.92 Å². The van der Waals surface area contributed by atoms with Crippen LogP contribution in [0.3, 0.4) is 0 Å². The highest BCUT2D eigenvalue weighted by atomic mass is 16.3. The van der Waals surface area contributed by atoms with Crippen molar-refractivity contribution in [1.29, 1.82) is 0 Å². The molecule has 1 N–H and O–H groups in total. The molecule has 4 fully saturated rings. The van der Waals surface area contributed by atoms with Crippen molar-refractivity contribution in [2.75, 3.05) is 0 Å². The number of rotatable bonds is 1. The van der Waals surface area contributed by atoms with Crippen LogP contribution in [-0.4, -0.2) is 17.0 Å². The summed E-state index contributed by atoms with van der Waals surface area (Å²) in [5.74, 6) is 5.02. The molecule has 124 valence electrons. The van der Waals surface area contributed by atoms with Crippen LogP contribution in [0.2, 0.25) is 0 Å². The van der Waals surface area contributed by atoms with Gasteiger partial charge in [-0.1, -0.05) is 6.92 Å². The number of aliphatic hydroxyl groups is 1. The van der Waals surface area contributed by atoms with Crippen LogP contribution in [-0.2, 0) is 4.79 Å². The summed E-state index contributed by atoms with van der Waals surface area (Å²) in [7, 11) is 0. The van der Waals surface area contributed by atoms with Crippen LogP contribution in [0.25, 0.3) is 0 Å². The topological polar surface area (TPSA) is 37.3 Å². The molecule has 0 heterocycles. The molecule has 0 saturated heterocycles. The third-order valence-electron chi connectivity index (χ3n) is 8.42. The molecule has 0 aliphatic heterocycles. The van der Waals surface area contributed by atoms with Crippen LogP contribution < -0.4 is 0 Å². The number of carbonyl (C=O) groups excluding carboxylic acids is 1. The van der Waals surface area contributed by atoms with E-state index >= 15 is 0 Å². The average molecular weight is 304 g/mol. The van der Waals surface area contributed by atoms with E-state index in [1.165, 1.54) is 38.5 Å². The molecule has 0 aromatic carbocycles. The van der Waals surface area contributed by atoms with Crippen molar-refractivity contribution in [1.82, 2.24) is 0 Å². The molecule has 0 aromatic rings. The first-order chi connectivity index (χ1) is 10.5. The highest BCUT2D eigenvalue weighted by molar-refractivity contribution is 5.79. The fourth-order valence-corrected chi connectivity index (χ4v) is 7.50. The molecule has 4 rings (SSSR count). The summed E-state index contributed by atoms with van der Waals surface area (Å²) in [5, 5.41) is 9.99. The Morgan fingerprint density at radius 2 is 1.73 bits per heavy atom. The quantitative estimate of drug-likeness (QED) is 0.788. The Kier molecular flexibility index (Phi) is 3.67. The van der Waals surface area contributed by atoms with Gasteiger partial charge in [-0.3, -0.25) is 4.79 Å². The van der Waals surface area contributed by atoms with Crippen LogP contribution in [0.4, 0.5) is 0 Å². The summed E-state index contributed by atoms with van der Waals surface area (Å²) in [4.78, 5) is 12.1. The van der Waals surface area contributed by atoms with E-state index in [9.17, 15) is 9.90 Å². The van der Waals surface area contributed by atoms with Crippen LogP contribution in [0.1, 0.15) is 71.6 Å². The largest absolute Gasteiger partial charge is 0.393 e. The van der Waals surface area contributed by atoms with E-state index in [4.69, 9.17) is 0 Å². The minimum atomic E-state index is -0.0276. The van der Waals surface area contributed by atoms with Gasteiger partial charge in [-0.05, 0) is 99.7 Å². The predicted octanol–water partition coefficient (Wildman–Crippen LogP) is 4.21. The van der Waals surface area contributed by atoms with Gasteiger partial charge in [0.25, 0.3) is 0 Å². The van der Waals surface area contributed by atoms with E-state index in [2.05, 4.69) is 6.92 Å². The molecule has 0 spiro atoms. The molecule has 0 radical (unpaired) electrons. The molecular formula is C20H32O2. The zero-order chi connectivity index (χ0) is 15.5. The van der Waals surface area contributed by atoms with Gasteiger partial charge in [0.05, 0.1) is 6.10 Å². The van der Waals surface area contributed by atoms with Crippen molar-refractivity contribution in [3.8, 4) is 0 Å². The maximum absolute atomic E-state index is 12.1. The van der Waals surface area contributed by atoms with Gasteiger partial charge >= 0.3 is 0 Å². The lowest BCUT2D eigenvalue weighted by atomic mass is 9.49. The second-order valence-electron chi connectivity index (χ2n) is 9.19. The SMILES string of the molecule is CC(=O)[C@@H]1CCC2C3CC[C@H]4C[C@@H](O)CC[C@H]4C3CC[C@]21C. The monoisotopic (exact) mass is 304 g/mol. The minimum Gasteiger partial charge on any atom is -0.393 e. The van der Waals surface area contributed by atoms with Gasteiger partial charge in [0, 0.05) is 5.92 Å². The van der Waals surface area contributed by atoms with E-state index in [0.717, 1.165) is 48.9 Å².